The second kappa shape index (κ2) is 8.89. The highest BCUT2D eigenvalue weighted by molar-refractivity contribution is 7.26. The molecule has 41 heavy (non-hydrogen) atoms. The number of benzene rings is 7. The van der Waals surface area contributed by atoms with Crippen molar-refractivity contribution in [2.24, 2.45) is 0 Å². The van der Waals surface area contributed by atoms with Crippen molar-refractivity contribution in [3.63, 3.8) is 0 Å². The number of hydrogen-bond acceptors (Lipinski definition) is 1. The van der Waals surface area contributed by atoms with Crippen LogP contribution in [0.5, 0.6) is 0 Å². The Bertz CT molecular complexity index is 2350. The first-order valence-corrected chi connectivity index (χ1v) is 15.2. The van der Waals surface area contributed by atoms with Gasteiger partial charge in [0.2, 0.25) is 0 Å². The highest BCUT2D eigenvalue weighted by atomic mass is 32.1. The van der Waals surface area contributed by atoms with Crippen LogP contribution in [-0.2, 0) is 6.42 Å². The van der Waals surface area contributed by atoms with Gasteiger partial charge in [-0.25, -0.2) is 0 Å². The Morgan fingerprint density at radius 1 is 0.537 bits per heavy atom. The summed E-state index contributed by atoms with van der Waals surface area (Å²) < 4.78 is 2.74. The fraction of sp³-hybridized carbons (Fsp3) is 0.0500. The van der Waals surface area contributed by atoms with Crippen LogP contribution in [0.1, 0.15) is 22.6 Å². The van der Waals surface area contributed by atoms with E-state index in [1.54, 1.807) is 0 Å². The molecule has 0 aliphatic heterocycles. The van der Waals surface area contributed by atoms with E-state index in [0.717, 1.165) is 6.42 Å². The van der Waals surface area contributed by atoms with Gasteiger partial charge in [0.05, 0.1) is 0 Å². The topological polar surface area (TPSA) is 0 Å². The first kappa shape index (κ1) is 23.0. The predicted octanol–water partition coefficient (Wildman–Crippen LogP) is 11.5. The first-order valence-electron chi connectivity index (χ1n) is 14.4. The summed E-state index contributed by atoms with van der Waals surface area (Å²) in [5, 5.41) is 10.7. The van der Waals surface area contributed by atoms with E-state index in [9.17, 15) is 0 Å². The predicted molar refractivity (Wildman–Crippen MR) is 179 cm³/mol. The Kier molecular flexibility index (Phi) is 5.00. The van der Waals surface area contributed by atoms with Crippen molar-refractivity contribution in [2.75, 3.05) is 0 Å². The van der Waals surface area contributed by atoms with Crippen LogP contribution in [0.4, 0.5) is 0 Å². The Hall–Kier alpha value is -4.72. The fourth-order valence-electron chi connectivity index (χ4n) is 6.92. The molecule has 1 unspecified atom stereocenters. The molecule has 0 saturated heterocycles. The quantitative estimate of drug-likeness (QED) is 0.192. The molecule has 1 aliphatic carbocycles. The van der Waals surface area contributed by atoms with E-state index < -0.39 is 0 Å². The zero-order chi connectivity index (χ0) is 26.9. The summed E-state index contributed by atoms with van der Waals surface area (Å²) in [5.41, 5.74) is 6.75. The van der Waals surface area contributed by atoms with Crippen LogP contribution >= 0.6 is 11.3 Å². The summed E-state index contributed by atoms with van der Waals surface area (Å²) in [6.07, 6.45) is 5.74. The van der Waals surface area contributed by atoms with Gasteiger partial charge in [-0.1, -0.05) is 127 Å². The average molecular weight is 539 g/mol. The van der Waals surface area contributed by atoms with Crippen molar-refractivity contribution in [1.82, 2.24) is 0 Å². The molecule has 0 bridgehead atoms. The average Bonchev–Trinajstić information content (AvgIpc) is 3.43. The van der Waals surface area contributed by atoms with E-state index in [0.29, 0.717) is 5.92 Å². The van der Waals surface area contributed by atoms with E-state index in [4.69, 9.17) is 0 Å². The van der Waals surface area contributed by atoms with Crippen LogP contribution in [0, 0.1) is 0 Å². The summed E-state index contributed by atoms with van der Waals surface area (Å²) in [4.78, 5) is 0. The van der Waals surface area contributed by atoms with E-state index in [2.05, 4.69) is 140 Å². The molecule has 0 N–H and O–H groups in total. The second-order valence-corrected chi connectivity index (χ2v) is 12.3. The molecule has 1 aliphatic rings. The van der Waals surface area contributed by atoms with Gasteiger partial charge in [-0.3, -0.25) is 0 Å². The lowest BCUT2D eigenvalue weighted by Gasteiger charge is -2.22. The summed E-state index contributed by atoms with van der Waals surface area (Å²) in [6, 6.07) is 47.4. The molecule has 192 valence electrons. The number of hydrogen-bond donors (Lipinski definition) is 0. The SMILES string of the molecule is C1=CC(c2cccc(-c3ccc4ccc5ccc6c7ccccc7sc6c5c4c3)c2)Cc2c1ccc1ccccc21. The maximum absolute atomic E-state index is 2.42. The Morgan fingerprint density at radius 2 is 1.29 bits per heavy atom. The van der Waals surface area contributed by atoms with E-state index >= 15 is 0 Å². The Balaban J connectivity index is 1.17. The van der Waals surface area contributed by atoms with Gasteiger partial charge in [-0.2, -0.15) is 0 Å². The van der Waals surface area contributed by atoms with Crippen molar-refractivity contribution >= 4 is 69.9 Å². The zero-order valence-electron chi connectivity index (χ0n) is 22.5. The minimum Gasteiger partial charge on any atom is -0.135 e. The summed E-state index contributed by atoms with van der Waals surface area (Å²) in [5.74, 6) is 0.368. The van der Waals surface area contributed by atoms with Crippen LogP contribution in [0.2, 0.25) is 0 Å². The van der Waals surface area contributed by atoms with Gasteiger partial charge < -0.3 is 0 Å². The highest BCUT2D eigenvalue weighted by Gasteiger charge is 2.18. The molecule has 7 aromatic carbocycles. The molecule has 0 radical (unpaired) electrons. The monoisotopic (exact) mass is 538 g/mol. The number of allylic oxidation sites excluding steroid dienone is 1. The molecular weight excluding hydrogens is 513 g/mol. The lowest BCUT2D eigenvalue weighted by Crippen LogP contribution is -2.06. The number of fused-ring (bicyclic) bond motifs is 10. The molecule has 8 aromatic rings. The number of rotatable bonds is 2. The maximum atomic E-state index is 2.42. The van der Waals surface area contributed by atoms with Gasteiger partial charge >= 0.3 is 0 Å². The third kappa shape index (κ3) is 3.59. The normalized spacial score (nSPS) is 14.9. The minimum atomic E-state index is 0.368. The lowest BCUT2D eigenvalue weighted by atomic mass is 9.82. The molecule has 0 fully saturated rings. The van der Waals surface area contributed by atoms with Crippen molar-refractivity contribution in [3.05, 3.63) is 150 Å². The minimum absolute atomic E-state index is 0.368. The highest BCUT2D eigenvalue weighted by Crippen LogP contribution is 2.42. The smallest absolute Gasteiger partial charge is 0.0440 e. The molecule has 1 atom stereocenters. The van der Waals surface area contributed by atoms with Crippen molar-refractivity contribution in [2.45, 2.75) is 12.3 Å². The van der Waals surface area contributed by atoms with E-state index in [1.165, 1.54) is 80.3 Å². The van der Waals surface area contributed by atoms with Crippen molar-refractivity contribution in [1.29, 1.82) is 0 Å². The molecule has 0 saturated carbocycles. The van der Waals surface area contributed by atoms with Gasteiger partial charge in [0.1, 0.15) is 0 Å². The van der Waals surface area contributed by atoms with Crippen LogP contribution in [0.3, 0.4) is 0 Å². The van der Waals surface area contributed by atoms with Crippen LogP contribution in [-0.4, -0.2) is 0 Å². The summed E-state index contributed by atoms with van der Waals surface area (Å²) in [6.45, 7) is 0. The first-order chi connectivity index (χ1) is 20.3. The van der Waals surface area contributed by atoms with Gasteiger partial charge in [0, 0.05) is 31.5 Å². The Morgan fingerprint density at radius 3 is 2.27 bits per heavy atom. The van der Waals surface area contributed by atoms with Crippen LogP contribution in [0.25, 0.3) is 69.7 Å². The summed E-state index contributed by atoms with van der Waals surface area (Å²) >= 11 is 1.92. The molecule has 0 spiro atoms. The second-order valence-electron chi connectivity index (χ2n) is 11.3. The molecular formula is C40H26S. The number of thiophene rings is 1. The van der Waals surface area contributed by atoms with Gasteiger partial charge in [0.15, 0.2) is 0 Å². The maximum Gasteiger partial charge on any atom is 0.0440 e. The molecule has 0 amide bonds. The van der Waals surface area contributed by atoms with Gasteiger partial charge in [-0.05, 0) is 73.3 Å². The Labute approximate surface area is 242 Å². The lowest BCUT2D eigenvalue weighted by molar-refractivity contribution is 0.833. The van der Waals surface area contributed by atoms with Crippen molar-refractivity contribution < 1.29 is 0 Å². The zero-order valence-corrected chi connectivity index (χ0v) is 23.3. The van der Waals surface area contributed by atoms with Crippen LogP contribution < -0.4 is 0 Å². The standard InChI is InChI=1S/C40H26S/c1-2-9-33-25(6-1)12-13-26-15-18-31(23-36(26)33)29-7-5-8-30(22-29)32-19-16-27-14-17-28-20-21-35-34-10-3-4-11-38(34)41-40(35)39(28)37(27)24-32/h1-22,24,31H,23H2. The largest absolute Gasteiger partial charge is 0.135 e. The van der Waals surface area contributed by atoms with E-state index in [-0.39, 0.29) is 0 Å². The fourth-order valence-corrected chi connectivity index (χ4v) is 8.19. The van der Waals surface area contributed by atoms with Crippen LogP contribution in [0.15, 0.2) is 133 Å². The van der Waals surface area contributed by atoms with Gasteiger partial charge in [0.25, 0.3) is 0 Å². The van der Waals surface area contributed by atoms with Crippen molar-refractivity contribution in [3.8, 4) is 11.1 Å². The molecule has 1 heteroatoms. The molecule has 9 rings (SSSR count). The van der Waals surface area contributed by atoms with E-state index in [1.807, 2.05) is 11.3 Å². The molecule has 1 aromatic heterocycles. The third-order valence-electron chi connectivity index (χ3n) is 9.00. The third-order valence-corrected chi connectivity index (χ3v) is 10.2. The molecule has 1 heterocycles. The van der Waals surface area contributed by atoms with Gasteiger partial charge in [-0.15, -0.1) is 11.3 Å². The molecule has 0 nitrogen and oxygen atoms in total. The summed E-state index contributed by atoms with van der Waals surface area (Å²) in [7, 11) is 0.